The summed E-state index contributed by atoms with van der Waals surface area (Å²) in [5.41, 5.74) is 2.35. The van der Waals surface area contributed by atoms with E-state index in [9.17, 15) is 4.79 Å². The van der Waals surface area contributed by atoms with E-state index in [1.165, 1.54) is 0 Å². The molecule has 0 spiro atoms. The first-order valence-corrected chi connectivity index (χ1v) is 9.33. The molecule has 2 heterocycles. The Morgan fingerprint density at radius 1 is 1.38 bits per heavy atom. The monoisotopic (exact) mass is 347 g/mol. The molecule has 1 aliphatic rings. The SMILES string of the molecule is Cc1csc(C2(NC(=O)Nc3cn(C)nc3C(C)C)CCCC2)n1. The van der Waals surface area contributed by atoms with Crippen molar-refractivity contribution in [1.29, 1.82) is 0 Å². The predicted octanol–water partition coefficient (Wildman–Crippen LogP) is 3.90. The molecule has 2 N–H and O–H groups in total. The topological polar surface area (TPSA) is 71.8 Å². The van der Waals surface area contributed by atoms with Gasteiger partial charge in [-0.3, -0.25) is 4.68 Å². The molecule has 1 aliphatic carbocycles. The molecule has 6 nitrogen and oxygen atoms in total. The van der Waals surface area contributed by atoms with Gasteiger partial charge in [-0.2, -0.15) is 5.10 Å². The molecule has 0 unspecified atom stereocenters. The lowest BCUT2D eigenvalue weighted by Gasteiger charge is -2.28. The van der Waals surface area contributed by atoms with Crippen molar-refractivity contribution in [2.75, 3.05) is 5.32 Å². The van der Waals surface area contributed by atoms with Crippen molar-refractivity contribution < 1.29 is 4.79 Å². The van der Waals surface area contributed by atoms with Gasteiger partial charge in [-0.1, -0.05) is 26.7 Å². The first kappa shape index (κ1) is 17.0. The molecular formula is C17H25N5OS. The molecule has 0 saturated heterocycles. The van der Waals surface area contributed by atoms with Crippen molar-refractivity contribution in [2.45, 2.75) is 57.9 Å². The third-order valence-electron chi connectivity index (χ3n) is 4.49. The molecule has 0 radical (unpaired) electrons. The predicted molar refractivity (Wildman–Crippen MR) is 96.4 cm³/mol. The average Bonchev–Trinajstić information content (AvgIpc) is 3.20. The first-order valence-electron chi connectivity index (χ1n) is 8.45. The van der Waals surface area contributed by atoms with Crippen molar-refractivity contribution >= 4 is 23.1 Å². The number of nitrogens with zero attached hydrogens (tertiary/aromatic N) is 3. The largest absolute Gasteiger partial charge is 0.326 e. The van der Waals surface area contributed by atoms with Gasteiger partial charge in [0, 0.05) is 24.3 Å². The summed E-state index contributed by atoms with van der Waals surface area (Å²) in [5.74, 6) is 0.253. The van der Waals surface area contributed by atoms with Crippen molar-refractivity contribution in [3.05, 3.63) is 28.0 Å². The van der Waals surface area contributed by atoms with Crippen LogP contribution in [0.25, 0.3) is 0 Å². The zero-order valence-electron chi connectivity index (χ0n) is 14.7. The van der Waals surface area contributed by atoms with E-state index in [4.69, 9.17) is 0 Å². The van der Waals surface area contributed by atoms with E-state index >= 15 is 0 Å². The third-order valence-corrected chi connectivity index (χ3v) is 5.65. The quantitative estimate of drug-likeness (QED) is 0.881. The van der Waals surface area contributed by atoms with Crippen LogP contribution in [0.2, 0.25) is 0 Å². The Morgan fingerprint density at radius 3 is 2.67 bits per heavy atom. The van der Waals surface area contributed by atoms with E-state index in [1.807, 2.05) is 25.5 Å². The average molecular weight is 347 g/mol. The van der Waals surface area contributed by atoms with Gasteiger partial charge in [0.15, 0.2) is 0 Å². The molecule has 130 valence electrons. The molecule has 1 fully saturated rings. The second kappa shape index (κ2) is 6.55. The van der Waals surface area contributed by atoms with Crippen LogP contribution in [0.1, 0.15) is 61.8 Å². The number of carbonyl (C=O) groups is 1. The van der Waals surface area contributed by atoms with E-state index in [2.05, 4.69) is 34.6 Å². The number of carbonyl (C=O) groups excluding carboxylic acids is 1. The van der Waals surface area contributed by atoms with E-state index < -0.39 is 0 Å². The molecule has 1 saturated carbocycles. The van der Waals surface area contributed by atoms with Crippen LogP contribution in [0, 0.1) is 6.92 Å². The van der Waals surface area contributed by atoms with Crippen LogP contribution in [0.5, 0.6) is 0 Å². The van der Waals surface area contributed by atoms with Gasteiger partial charge in [0.05, 0.1) is 16.9 Å². The maximum Gasteiger partial charge on any atom is 0.320 e. The zero-order chi connectivity index (χ0) is 17.3. The van der Waals surface area contributed by atoms with Gasteiger partial charge in [-0.25, -0.2) is 9.78 Å². The molecular weight excluding hydrogens is 322 g/mol. The highest BCUT2D eigenvalue weighted by molar-refractivity contribution is 7.09. The fourth-order valence-corrected chi connectivity index (χ4v) is 4.36. The standard InChI is InChI=1S/C17H25N5OS/c1-11(2)14-13(9-22(4)21-14)19-16(23)20-17(7-5-6-8-17)15-18-12(3)10-24-15/h9-11H,5-8H2,1-4H3,(H2,19,20,23). The first-order chi connectivity index (χ1) is 11.4. The van der Waals surface area contributed by atoms with Gasteiger partial charge >= 0.3 is 6.03 Å². The van der Waals surface area contributed by atoms with E-state index in [1.54, 1.807) is 16.0 Å². The number of rotatable bonds is 4. The number of aryl methyl sites for hydroxylation is 2. The minimum absolute atomic E-state index is 0.181. The van der Waals surface area contributed by atoms with Crippen LogP contribution >= 0.6 is 11.3 Å². The highest BCUT2D eigenvalue weighted by Crippen LogP contribution is 2.40. The Balaban J connectivity index is 1.78. The highest BCUT2D eigenvalue weighted by atomic mass is 32.1. The summed E-state index contributed by atoms with van der Waals surface area (Å²) in [6, 6.07) is -0.181. The van der Waals surface area contributed by atoms with E-state index in [0.29, 0.717) is 0 Å². The molecule has 7 heteroatoms. The normalized spacial score (nSPS) is 16.5. The summed E-state index contributed by atoms with van der Waals surface area (Å²) in [4.78, 5) is 17.3. The lowest BCUT2D eigenvalue weighted by Crippen LogP contribution is -2.45. The summed E-state index contributed by atoms with van der Waals surface area (Å²) in [6.07, 6.45) is 5.96. The van der Waals surface area contributed by atoms with Gasteiger partial charge in [0.2, 0.25) is 0 Å². The fourth-order valence-electron chi connectivity index (χ4n) is 3.34. The molecule has 0 aromatic carbocycles. The summed E-state index contributed by atoms with van der Waals surface area (Å²) in [6.45, 7) is 6.14. The van der Waals surface area contributed by atoms with Crippen molar-refractivity contribution in [2.24, 2.45) is 7.05 Å². The number of hydrogen-bond donors (Lipinski definition) is 2. The molecule has 0 atom stereocenters. The highest BCUT2D eigenvalue weighted by Gasteiger charge is 2.39. The molecule has 2 amide bonds. The number of nitrogens with one attached hydrogen (secondary N) is 2. The van der Waals surface area contributed by atoms with Gasteiger partial charge in [0.1, 0.15) is 5.01 Å². The molecule has 2 aromatic rings. The lowest BCUT2D eigenvalue weighted by molar-refractivity contribution is 0.236. The van der Waals surface area contributed by atoms with Crippen LogP contribution in [-0.4, -0.2) is 20.8 Å². The number of hydrogen-bond acceptors (Lipinski definition) is 4. The van der Waals surface area contributed by atoms with E-state index in [-0.39, 0.29) is 17.5 Å². The molecule has 24 heavy (non-hydrogen) atoms. The Hall–Kier alpha value is -1.89. The van der Waals surface area contributed by atoms with Crippen molar-refractivity contribution in [1.82, 2.24) is 20.1 Å². The molecule has 2 aromatic heterocycles. The van der Waals surface area contributed by atoms with Crippen LogP contribution in [0.4, 0.5) is 10.5 Å². The number of aromatic nitrogens is 3. The van der Waals surface area contributed by atoms with Crippen LogP contribution in [0.15, 0.2) is 11.6 Å². The number of amides is 2. The maximum atomic E-state index is 12.7. The third kappa shape index (κ3) is 3.31. The Morgan fingerprint density at radius 2 is 2.08 bits per heavy atom. The van der Waals surface area contributed by atoms with E-state index in [0.717, 1.165) is 47.8 Å². The minimum atomic E-state index is -0.330. The summed E-state index contributed by atoms with van der Waals surface area (Å²) < 4.78 is 1.74. The van der Waals surface area contributed by atoms with Crippen molar-refractivity contribution in [3.63, 3.8) is 0 Å². The second-order valence-electron chi connectivity index (χ2n) is 6.92. The second-order valence-corrected chi connectivity index (χ2v) is 7.78. The lowest BCUT2D eigenvalue weighted by atomic mass is 9.99. The minimum Gasteiger partial charge on any atom is -0.326 e. The maximum absolute atomic E-state index is 12.7. The molecule has 3 rings (SSSR count). The summed E-state index contributed by atoms with van der Waals surface area (Å²) in [7, 11) is 1.87. The zero-order valence-corrected chi connectivity index (χ0v) is 15.5. The van der Waals surface area contributed by atoms with Crippen LogP contribution in [-0.2, 0) is 12.6 Å². The summed E-state index contributed by atoms with van der Waals surface area (Å²) >= 11 is 1.64. The Labute approximate surface area is 146 Å². The van der Waals surface area contributed by atoms with Gasteiger partial charge in [0.25, 0.3) is 0 Å². The van der Waals surface area contributed by atoms with Crippen LogP contribution in [0.3, 0.4) is 0 Å². The van der Waals surface area contributed by atoms with Gasteiger partial charge < -0.3 is 10.6 Å². The Bertz CT molecular complexity index is 727. The van der Waals surface area contributed by atoms with Gasteiger partial charge in [-0.15, -0.1) is 11.3 Å². The molecule has 0 bridgehead atoms. The molecule has 0 aliphatic heterocycles. The fraction of sp³-hybridized carbons (Fsp3) is 0.588. The Kier molecular flexibility index (Phi) is 4.62. The van der Waals surface area contributed by atoms with Crippen LogP contribution < -0.4 is 10.6 Å². The number of thiazole rings is 1. The van der Waals surface area contributed by atoms with Crippen molar-refractivity contribution in [3.8, 4) is 0 Å². The number of urea groups is 1. The smallest absolute Gasteiger partial charge is 0.320 e. The summed E-state index contributed by atoms with van der Waals surface area (Å²) in [5, 5.41) is 13.7. The van der Waals surface area contributed by atoms with Gasteiger partial charge in [-0.05, 0) is 25.7 Å². The number of anilines is 1.